The maximum Gasteiger partial charge on any atom is 0.166 e. The van der Waals surface area contributed by atoms with Crippen LogP contribution in [0, 0.1) is 5.92 Å². The van der Waals surface area contributed by atoms with Crippen molar-refractivity contribution in [2.24, 2.45) is 11.7 Å². The monoisotopic (exact) mass is 263 g/mol. The molecule has 0 saturated carbocycles. The Kier molecular flexibility index (Phi) is 3.89. The SMILES string of the molecule is NC(CC1CCOCC1)c1cccc2c1OCCO2. The summed E-state index contributed by atoms with van der Waals surface area (Å²) in [5.41, 5.74) is 7.45. The minimum atomic E-state index is 0.0137. The first-order valence-corrected chi connectivity index (χ1v) is 7.06. The number of hydrogen-bond donors (Lipinski definition) is 1. The molecule has 0 aliphatic carbocycles. The maximum atomic E-state index is 6.37. The molecule has 0 amide bonds. The molecule has 1 saturated heterocycles. The summed E-state index contributed by atoms with van der Waals surface area (Å²) in [5, 5.41) is 0. The first-order valence-electron chi connectivity index (χ1n) is 7.06. The predicted molar refractivity (Wildman–Crippen MR) is 72.5 cm³/mol. The molecule has 19 heavy (non-hydrogen) atoms. The number of fused-ring (bicyclic) bond motifs is 1. The zero-order valence-electron chi connectivity index (χ0n) is 11.1. The third-order valence-corrected chi connectivity index (χ3v) is 3.92. The van der Waals surface area contributed by atoms with Crippen LogP contribution in [0.15, 0.2) is 18.2 Å². The lowest BCUT2D eigenvalue weighted by Gasteiger charge is -2.27. The molecule has 1 fully saturated rings. The van der Waals surface area contributed by atoms with Gasteiger partial charge in [-0.2, -0.15) is 0 Å². The van der Waals surface area contributed by atoms with Crippen LogP contribution in [0.1, 0.15) is 30.9 Å². The van der Waals surface area contributed by atoms with Crippen molar-refractivity contribution in [2.75, 3.05) is 26.4 Å². The first kappa shape index (κ1) is 12.8. The second-order valence-corrected chi connectivity index (χ2v) is 5.27. The quantitative estimate of drug-likeness (QED) is 0.909. The van der Waals surface area contributed by atoms with Crippen LogP contribution in [0.25, 0.3) is 0 Å². The fraction of sp³-hybridized carbons (Fsp3) is 0.600. The van der Waals surface area contributed by atoms with E-state index in [-0.39, 0.29) is 6.04 Å². The third kappa shape index (κ3) is 2.85. The minimum Gasteiger partial charge on any atom is -0.486 e. The molecule has 1 aromatic rings. The molecule has 2 N–H and O–H groups in total. The molecule has 0 bridgehead atoms. The van der Waals surface area contributed by atoms with Crippen molar-refractivity contribution in [3.63, 3.8) is 0 Å². The van der Waals surface area contributed by atoms with Gasteiger partial charge < -0.3 is 19.9 Å². The van der Waals surface area contributed by atoms with Gasteiger partial charge in [-0.3, -0.25) is 0 Å². The number of hydrogen-bond acceptors (Lipinski definition) is 4. The highest BCUT2D eigenvalue weighted by Crippen LogP contribution is 2.38. The number of rotatable bonds is 3. The molecule has 3 rings (SSSR count). The largest absolute Gasteiger partial charge is 0.486 e. The van der Waals surface area contributed by atoms with Crippen LogP contribution in [0.2, 0.25) is 0 Å². The van der Waals surface area contributed by atoms with Gasteiger partial charge in [0.05, 0.1) is 0 Å². The Morgan fingerprint density at radius 1 is 1.11 bits per heavy atom. The number of benzene rings is 1. The van der Waals surface area contributed by atoms with Crippen LogP contribution < -0.4 is 15.2 Å². The van der Waals surface area contributed by atoms with E-state index in [9.17, 15) is 0 Å². The molecule has 2 heterocycles. The van der Waals surface area contributed by atoms with Crippen molar-refractivity contribution in [1.82, 2.24) is 0 Å². The normalized spacial score (nSPS) is 21.1. The van der Waals surface area contributed by atoms with Crippen molar-refractivity contribution >= 4 is 0 Å². The molecule has 2 aliphatic rings. The molecular formula is C15H21NO3. The van der Waals surface area contributed by atoms with Crippen LogP contribution in [0.3, 0.4) is 0 Å². The van der Waals surface area contributed by atoms with Crippen LogP contribution in [0.5, 0.6) is 11.5 Å². The highest BCUT2D eigenvalue weighted by atomic mass is 16.6. The first-order chi connectivity index (χ1) is 9.34. The van der Waals surface area contributed by atoms with E-state index in [1.165, 1.54) is 0 Å². The standard InChI is InChI=1S/C15H21NO3/c16-13(10-11-4-6-17-7-5-11)12-2-1-3-14-15(12)19-9-8-18-14/h1-3,11,13H,4-10,16H2. The Morgan fingerprint density at radius 3 is 2.74 bits per heavy atom. The van der Waals surface area contributed by atoms with E-state index in [2.05, 4.69) is 6.07 Å². The van der Waals surface area contributed by atoms with Gasteiger partial charge in [-0.25, -0.2) is 0 Å². The molecule has 0 spiro atoms. The third-order valence-electron chi connectivity index (χ3n) is 3.92. The molecule has 2 aliphatic heterocycles. The minimum absolute atomic E-state index is 0.0137. The summed E-state index contributed by atoms with van der Waals surface area (Å²) in [4.78, 5) is 0. The average Bonchev–Trinajstić information content (AvgIpc) is 2.47. The van der Waals surface area contributed by atoms with Crippen molar-refractivity contribution in [3.05, 3.63) is 23.8 Å². The fourth-order valence-corrected chi connectivity index (χ4v) is 2.86. The summed E-state index contributed by atoms with van der Waals surface area (Å²) >= 11 is 0. The van der Waals surface area contributed by atoms with Gasteiger partial charge in [0.15, 0.2) is 11.5 Å². The van der Waals surface area contributed by atoms with Crippen molar-refractivity contribution in [1.29, 1.82) is 0 Å². The topological polar surface area (TPSA) is 53.7 Å². The fourth-order valence-electron chi connectivity index (χ4n) is 2.86. The van der Waals surface area contributed by atoms with E-state index < -0.39 is 0 Å². The van der Waals surface area contributed by atoms with Gasteiger partial charge in [0, 0.05) is 24.8 Å². The van der Waals surface area contributed by atoms with Gasteiger partial charge in [-0.1, -0.05) is 12.1 Å². The van der Waals surface area contributed by atoms with Gasteiger partial charge in [0.1, 0.15) is 13.2 Å². The summed E-state index contributed by atoms with van der Waals surface area (Å²) in [6.07, 6.45) is 3.21. The van der Waals surface area contributed by atoms with E-state index in [0.717, 1.165) is 49.5 Å². The summed E-state index contributed by atoms with van der Waals surface area (Å²) < 4.78 is 16.7. The summed E-state index contributed by atoms with van der Waals surface area (Å²) in [7, 11) is 0. The Balaban J connectivity index is 1.73. The van der Waals surface area contributed by atoms with Gasteiger partial charge in [-0.05, 0) is 31.2 Å². The van der Waals surface area contributed by atoms with E-state index >= 15 is 0 Å². The van der Waals surface area contributed by atoms with Crippen molar-refractivity contribution in [2.45, 2.75) is 25.3 Å². The van der Waals surface area contributed by atoms with Crippen LogP contribution in [-0.2, 0) is 4.74 Å². The molecule has 104 valence electrons. The van der Waals surface area contributed by atoms with E-state index in [4.69, 9.17) is 19.9 Å². The van der Waals surface area contributed by atoms with Gasteiger partial charge in [0.2, 0.25) is 0 Å². The van der Waals surface area contributed by atoms with E-state index in [1.807, 2.05) is 12.1 Å². The summed E-state index contributed by atoms with van der Waals surface area (Å²) in [5.74, 6) is 2.32. The Hall–Kier alpha value is -1.26. The summed E-state index contributed by atoms with van der Waals surface area (Å²) in [6, 6.07) is 6.00. The molecule has 4 nitrogen and oxygen atoms in total. The number of ether oxygens (including phenoxy) is 3. The zero-order valence-corrected chi connectivity index (χ0v) is 11.1. The van der Waals surface area contributed by atoms with Crippen LogP contribution >= 0.6 is 0 Å². The Labute approximate surface area is 113 Å². The predicted octanol–water partition coefficient (Wildman–Crippen LogP) is 2.27. The molecule has 1 unspecified atom stereocenters. The Morgan fingerprint density at radius 2 is 1.89 bits per heavy atom. The Bertz CT molecular complexity index is 429. The summed E-state index contributed by atoms with van der Waals surface area (Å²) in [6.45, 7) is 2.95. The molecule has 0 aromatic heterocycles. The molecule has 4 heteroatoms. The molecule has 1 aromatic carbocycles. The van der Waals surface area contributed by atoms with Crippen LogP contribution in [-0.4, -0.2) is 26.4 Å². The molecule has 1 atom stereocenters. The number of para-hydroxylation sites is 1. The lowest BCUT2D eigenvalue weighted by Crippen LogP contribution is -2.23. The highest BCUT2D eigenvalue weighted by molar-refractivity contribution is 5.48. The van der Waals surface area contributed by atoms with Crippen LogP contribution in [0.4, 0.5) is 0 Å². The van der Waals surface area contributed by atoms with Gasteiger partial charge in [-0.15, -0.1) is 0 Å². The van der Waals surface area contributed by atoms with Crippen molar-refractivity contribution in [3.8, 4) is 11.5 Å². The second-order valence-electron chi connectivity index (χ2n) is 5.27. The lowest BCUT2D eigenvalue weighted by molar-refractivity contribution is 0.0616. The maximum absolute atomic E-state index is 6.37. The van der Waals surface area contributed by atoms with Crippen molar-refractivity contribution < 1.29 is 14.2 Å². The van der Waals surface area contributed by atoms with E-state index in [1.54, 1.807) is 0 Å². The average molecular weight is 263 g/mol. The van der Waals surface area contributed by atoms with E-state index in [0.29, 0.717) is 19.1 Å². The van der Waals surface area contributed by atoms with Gasteiger partial charge in [0.25, 0.3) is 0 Å². The lowest BCUT2D eigenvalue weighted by atomic mass is 9.89. The molecule has 0 radical (unpaired) electrons. The second kappa shape index (κ2) is 5.80. The smallest absolute Gasteiger partial charge is 0.166 e. The zero-order chi connectivity index (χ0) is 13.1. The number of nitrogens with two attached hydrogens (primary N) is 1. The highest BCUT2D eigenvalue weighted by Gasteiger charge is 2.23. The van der Waals surface area contributed by atoms with Gasteiger partial charge >= 0.3 is 0 Å². The molecular weight excluding hydrogens is 242 g/mol.